The van der Waals surface area contributed by atoms with Crippen molar-refractivity contribution in [3.05, 3.63) is 53.6 Å². The van der Waals surface area contributed by atoms with Gasteiger partial charge in [-0.15, -0.1) is 0 Å². The molecule has 0 radical (unpaired) electrons. The predicted octanol–water partition coefficient (Wildman–Crippen LogP) is 8.61. The van der Waals surface area contributed by atoms with Gasteiger partial charge in [-0.1, -0.05) is 105 Å². The summed E-state index contributed by atoms with van der Waals surface area (Å²) in [7, 11) is 0. The summed E-state index contributed by atoms with van der Waals surface area (Å²) in [6.07, 6.45) is 11.5. The van der Waals surface area contributed by atoms with Gasteiger partial charge in [-0.3, -0.25) is 4.90 Å². The van der Waals surface area contributed by atoms with Crippen LogP contribution in [0.3, 0.4) is 0 Å². The van der Waals surface area contributed by atoms with Crippen LogP contribution in [-0.2, 0) is 0 Å². The van der Waals surface area contributed by atoms with E-state index in [9.17, 15) is 0 Å². The van der Waals surface area contributed by atoms with Gasteiger partial charge < -0.3 is 4.90 Å². The molecule has 1 aromatic rings. The Hall–Kier alpha value is -1.54. The Morgan fingerprint density at radius 3 is 1.84 bits per heavy atom. The largest absolute Gasteiger partial charge is 0.357 e. The number of anilines is 1. The quantitative estimate of drug-likeness (QED) is 0.355. The zero-order valence-corrected chi connectivity index (χ0v) is 22.9. The molecule has 1 saturated heterocycles. The van der Waals surface area contributed by atoms with Gasteiger partial charge in [0, 0.05) is 24.8 Å². The highest BCUT2D eigenvalue weighted by atomic mass is 15.4. The van der Waals surface area contributed by atoms with E-state index in [1.54, 1.807) is 0 Å². The van der Waals surface area contributed by atoms with Gasteiger partial charge >= 0.3 is 0 Å². The second-order valence-corrected chi connectivity index (χ2v) is 11.0. The average Bonchev–Trinajstić information content (AvgIpc) is 3.19. The van der Waals surface area contributed by atoms with E-state index < -0.39 is 0 Å². The van der Waals surface area contributed by atoms with Crippen molar-refractivity contribution in [2.24, 2.45) is 11.8 Å². The molecular weight excluding hydrogens is 388 g/mol. The van der Waals surface area contributed by atoms with Crippen molar-refractivity contribution >= 4 is 5.69 Å². The van der Waals surface area contributed by atoms with E-state index >= 15 is 0 Å². The van der Waals surface area contributed by atoms with E-state index in [1.165, 1.54) is 23.2 Å². The second-order valence-electron chi connectivity index (χ2n) is 11.0. The molecule has 2 heteroatoms. The van der Waals surface area contributed by atoms with Crippen LogP contribution in [-0.4, -0.2) is 30.7 Å². The Morgan fingerprint density at radius 2 is 1.34 bits per heavy atom. The van der Waals surface area contributed by atoms with Crippen molar-refractivity contribution in [2.75, 3.05) is 24.7 Å². The van der Waals surface area contributed by atoms with E-state index in [2.05, 4.69) is 122 Å². The molecule has 1 heterocycles. The SMILES string of the molecule is CC(C)C.CC(C)C/C=C\C/C=C\C(C)N1CCN(c2c(C(C)C)cccc2C(C)C)C1. The fourth-order valence-corrected chi connectivity index (χ4v) is 3.94. The summed E-state index contributed by atoms with van der Waals surface area (Å²) in [4.78, 5) is 5.20. The molecule has 0 bridgehead atoms. The molecule has 1 unspecified atom stereocenters. The minimum Gasteiger partial charge on any atom is -0.357 e. The number of allylic oxidation sites excluding steroid dienone is 3. The van der Waals surface area contributed by atoms with Gasteiger partial charge in [0.2, 0.25) is 0 Å². The van der Waals surface area contributed by atoms with Crippen molar-refractivity contribution in [2.45, 2.75) is 100.0 Å². The maximum atomic E-state index is 2.61. The topological polar surface area (TPSA) is 6.48 Å². The lowest BCUT2D eigenvalue weighted by molar-refractivity contribution is 0.302. The van der Waals surface area contributed by atoms with Crippen LogP contribution in [0.15, 0.2) is 42.5 Å². The van der Waals surface area contributed by atoms with E-state index in [-0.39, 0.29) is 0 Å². The molecule has 1 atom stereocenters. The van der Waals surface area contributed by atoms with Gasteiger partial charge in [-0.05, 0) is 54.6 Å². The zero-order chi connectivity index (χ0) is 24.3. The van der Waals surface area contributed by atoms with Crippen molar-refractivity contribution in [1.82, 2.24) is 4.90 Å². The van der Waals surface area contributed by atoms with Crippen LogP contribution < -0.4 is 4.90 Å². The van der Waals surface area contributed by atoms with Crippen LogP contribution in [0.4, 0.5) is 5.69 Å². The minimum absolute atomic E-state index is 0.484. The van der Waals surface area contributed by atoms with Gasteiger partial charge in [0.15, 0.2) is 0 Å². The maximum Gasteiger partial charge on any atom is 0.0713 e. The molecule has 1 aliphatic rings. The summed E-state index contributed by atoms with van der Waals surface area (Å²) in [5.74, 6) is 2.69. The summed E-state index contributed by atoms with van der Waals surface area (Å²) in [5.41, 5.74) is 4.47. The molecule has 0 aliphatic carbocycles. The molecule has 1 aromatic carbocycles. The Bertz CT molecular complexity index is 668. The first-order valence-corrected chi connectivity index (χ1v) is 13.0. The third-order valence-corrected chi connectivity index (χ3v) is 5.71. The number of hydrogen-bond acceptors (Lipinski definition) is 2. The van der Waals surface area contributed by atoms with Gasteiger partial charge in [-0.2, -0.15) is 0 Å². The van der Waals surface area contributed by atoms with Crippen molar-refractivity contribution in [1.29, 1.82) is 0 Å². The Labute approximate surface area is 200 Å². The molecule has 1 fully saturated rings. The average molecular weight is 441 g/mol. The lowest BCUT2D eigenvalue weighted by atomic mass is 9.92. The lowest BCUT2D eigenvalue weighted by Gasteiger charge is -2.29. The molecule has 32 heavy (non-hydrogen) atoms. The first-order valence-electron chi connectivity index (χ1n) is 13.0. The monoisotopic (exact) mass is 440 g/mol. The van der Waals surface area contributed by atoms with E-state index in [0.717, 1.165) is 38.0 Å². The minimum atomic E-state index is 0.484. The second kappa shape index (κ2) is 14.6. The van der Waals surface area contributed by atoms with Gasteiger partial charge in [0.05, 0.1) is 6.67 Å². The molecule has 0 N–H and O–H groups in total. The first kappa shape index (κ1) is 28.5. The fraction of sp³-hybridized carbons (Fsp3) is 0.667. The molecular formula is C30H52N2. The molecule has 2 rings (SSSR count). The van der Waals surface area contributed by atoms with Gasteiger partial charge in [0.25, 0.3) is 0 Å². The predicted molar refractivity (Wildman–Crippen MR) is 146 cm³/mol. The van der Waals surface area contributed by atoms with Crippen LogP contribution in [0.5, 0.6) is 0 Å². The Morgan fingerprint density at radius 1 is 0.781 bits per heavy atom. The van der Waals surface area contributed by atoms with Crippen molar-refractivity contribution in [3.63, 3.8) is 0 Å². The summed E-state index contributed by atoms with van der Waals surface area (Å²) < 4.78 is 0. The molecule has 1 aliphatic heterocycles. The van der Waals surface area contributed by atoms with Crippen molar-refractivity contribution < 1.29 is 0 Å². The van der Waals surface area contributed by atoms with Crippen LogP contribution in [0.25, 0.3) is 0 Å². The number of rotatable bonds is 9. The van der Waals surface area contributed by atoms with Gasteiger partial charge in [0.1, 0.15) is 0 Å². The molecule has 182 valence electrons. The van der Waals surface area contributed by atoms with Crippen LogP contribution in [0.2, 0.25) is 0 Å². The molecule has 0 saturated carbocycles. The number of benzene rings is 1. The lowest BCUT2D eigenvalue weighted by Crippen LogP contribution is -2.32. The molecule has 0 spiro atoms. The summed E-state index contributed by atoms with van der Waals surface area (Å²) in [6.45, 7) is 25.9. The molecule has 0 amide bonds. The molecule has 0 aromatic heterocycles. The van der Waals surface area contributed by atoms with Crippen molar-refractivity contribution in [3.8, 4) is 0 Å². The highest BCUT2D eigenvalue weighted by Crippen LogP contribution is 2.36. The number of para-hydroxylation sites is 1. The van der Waals surface area contributed by atoms with Crippen LogP contribution in [0, 0.1) is 11.8 Å². The van der Waals surface area contributed by atoms with E-state index in [0.29, 0.717) is 17.9 Å². The highest BCUT2D eigenvalue weighted by Gasteiger charge is 2.27. The summed E-state index contributed by atoms with van der Waals surface area (Å²) >= 11 is 0. The third-order valence-electron chi connectivity index (χ3n) is 5.71. The fourth-order valence-electron chi connectivity index (χ4n) is 3.94. The van der Waals surface area contributed by atoms with Crippen LogP contribution >= 0.6 is 0 Å². The van der Waals surface area contributed by atoms with Crippen LogP contribution in [0.1, 0.15) is 105 Å². The number of hydrogen-bond donors (Lipinski definition) is 0. The summed E-state index contributed by atoms with van der Waals surface area (Å²) in [6, 6.07) is 7.36. The zero-order valence-electron chi connectivity index (χ0n) is 22.9. The van der Waals surface area contributed by atoms with E-state index in [1.807, 2.05) is 0 Å². The molecule has 2 nitrogen and oxygen atoms in total. The highest BCUT2D eigenvalue weighted by molar-refractivity contribution is 5.62. The van der Waals surface area contributed by atoms with Gasteiger partial charge in [-0.25, -0.2) is 0 Å². The standard InChI is InChI=1S/C26H42N2.C4H10/c1-20(2)13-10-8-9-11-14-23(7)27-17-18-28(19-27)26-24(21(3)4)15-12-16-25(26)22(5)6;1-4(2)3/h8,10-12,14-16,20-23H,9,13,17-19H2,1-7H3;4H,1-3H3/b10-8-,14-11-;. The third kappa shape index (κ3) is 9.94. The van der Waals surface area contributed by atoms with E-state index in [4.69, 9.17) is 0 Å². The maximum absolute atomic E-state index is 2.61. The summed E-state index contributed by atoms with van der Waals surface area (Å²) in [5, 5.41) is 0. The smallest absolute Gasteiger partial charge is 0.0713 e. The first-order chi connectivity index (χ1) is 15.0. The normalized spacial score (nSPS) is 16.2. The number of nitrogens with zero attached hydrogens (tertiary/aromatic N) is 2. The Balaban J connectivity index is 0.00000118. The Kier molecular flexibility index (Phi) is 13.0.